The van der Waals surface area contributed by atoms with Crippen LogP contribution in [0.25, 0.3) is 0 Å². The van der Waals surface area contributed by atoms with Crippen molar-refractivity contribution in [3.05, 3.63) is 30.1 Å². The van der Waals surface area contributed by atoms with Crippen LogP contribution in [0.3, 0.4) is 0 Å². The highest BCUT2D eigenvalue weighted by Gasteiger charge is 2.03. The molecule has 0 spiro atoms. The van der Waals surface area contributed by atoms with Gasteiger partial charge < -0.3 is 0 Å². The van der Waals surface area contributed by atoms with Gasteiger partial charge in [0.2, 0.25) is 0 Å². The lowest BCUT2D eigenvalue weighted by atomic mass is 10.0. The van der Waals surface area contributed by atoms with Gasteiger partial charge in [-0.25, -0.2) is 0 Å². The Labute approximate surface area is 73.3 Å². The molecule has 0 radical (unpaired) electrons. The molecule has 0 fully saturated rings. The van der Waals surface area contributed by atoms with Gasteiger partial charge in [-0.1, -0.05) is 13.0 Å². The topological polar surface area (TPSA) is 12.9 Å². The van der Waals surface area contributed by atoms with Crippen LogP contribution in [0.1, 0.15) is 25.0 Å². The van der Waals surface area contributed by atoms with Crippen LogP contribution in [0.5, 0.6) is 0 Å². The molecule has 1 nitrogen and oxygen atoms in total. The fraction of sp³-hybridized carbons (Fsp3) is 0.444. The summed E-state index contributed by atoms with van der Waals surface area (Å²) in [6.45, 7) is 2.18. The first-order valence-corrected chi connectivity index (χ1v) is 4.49. The van der Waals surface area contributed by atoms with Gasteiger partial charge in [0.05, 0.1) is 0 Å². The van der Waals surface area contributed by atoms with Crippen LogP contribution >= 0.6 is 12.6 Å². The molecular weight excluding hydrogens is 154 g/mol. The van der Waals surface area contributed by atoms with E-state index in [-0.39, 0.29) is 0 Å². The monoisotopic (exact) mass is 167 g/mol. The second-order valence-electron chi connectivity index (χ2n) is 2.67. The van der Waals surface area contributed by atoms with E-state index in [2.05, 4.69) is 30.6 Å². The Morgan fingerprint density at radius 2 is 2.36 bits per heavy atom. The minimum absolute atomic E-state index is 0.536. The molecule has 0 N–H and O–H groups in total. The standard InChI is InChI=1S/C9H13NS/c1-8(5-7-11)9-4-2-3-6-10-9/h2-4,6,8,11H,5,7H2,1H3. The van der Waals surface area contributed by atoms with E-state index >= 15 is 0 Å². The van der Waals surface area contributed by atoms with Gasteiger partial charge in [-0.05, 0) is 30.2 Å². The average Bonchev–Trinajstić information content (AvgIpc) is 2.07. The highest BCUT2D eigenvalue weighted by molar-refractivity contribution is 7.80. The molecular formula is C9H13NS. The van der Waals surface area contributed by atoms with Gasteiger partial charge in [-0.15, -0.1) is 0 Å². The fourth-order valence-electron chi connectivity index (χ4n) is 1.01. The minimum Gasteiger partial charge on any atom is -0.261 e. The van der Waals surface area contributed by atoms with E-state index in [1.807, 2.05) is 18.3 Å². The molecule has 0 saturated heterocycles. The van der Waals surface area contributed by atoms with Gasteiger partial charge in [0.1, 0.15) is 0 Å². The van der Waals surface area contributed by atoms with E-state index in [1.54, 1.807) is 0 Å². The lowest BCUT2D eigenvalue weighted by molar-refractivity contribution is 0.716. The van der Waals surface area contributed by atoms with Gasteiger partial charge >= 0.3 is 0 Å². The molecule has 2 heteroatoms. The van der Waals surface area contributed by atoms with E-state index in [1.165, 1.54) is 5.69 Å². The Kier molecular flexibility index (Phi) is 3.43. The first-order chi connectivity index (χ1) is 5.34. The van der Waals surface area contributed by atoms with Gasteiger partial charge in [0.25, 0.3) is 0 Å². The molecule has 1 rings (SSSR count). The SMILES string of the molecule is CC(CCS)c1ccccn1. The summed E-state index contributed by atoms with van der Waals surface area (Å²) < 4.78 is 0. The zero-order chi connectivity index (χ0) is 8.10. The van der Waals surface area contributed by atoms with Gasteiger partial charge in [0.15, 0.2) is 0 Å². The third kappa shape index (κ3) is 2.54. The molecule has 0 aromatic carbocycles. The summed E-state index contributed by atoms with van der Waals surface area (Å²) in [6, 6.07) is 6.03. The van der Waals surface area contributed by atoms with Crippen molar-refractivity contribution in [2.75, 3.05) is 5.75 Å². The van der Waals surface area contributed by atoms with Crippen molar-refractivity contribution in [2.45, 2.75) is 19.3 Å². The van der Waals surface area contributed by atoms with Crippen LogP contribution in [0.2, 0.25) is 0 Å². The second kappa shape index (κ2) is 4.39. The Morgan fingerprint density at radius 3 is 2.91 bits per heavy atom. The summed E-state index contributed by atoms with van der Waals surface area (Å²) in [5.74, 6) is 1.46. The third-order valence-electron chi connectivity index (χ3n) is 1.75. The fourth-order valence-corrected chi connectivity index (χ4v) is 1.40. The molecule has 0 saturated carbocycles. The number of hydrogen-bond donors (Lipinski definition) is 1. The van der Waals surface area contributed by atoms with Crippen molar-refractivity contribution in [3.63, 3.8) is 0 Å². The summed E-state index contributed by atoms with van der Waals surface area (Å²) in [5, 5.41) is 0. The van der Waals surface area contributed by atoms with Crippen LogP contribution < -0.4 is 0 Å². The lowest BCUT2D eigenvalue weighted by Gasteiger charge is -2.07. The Bertz CT molecular complexity index is 198. The first-order valence-electron chi connectivity index (χ1n) is 3.86. The summed E-state index contributed by atoms with van der Waals surface area (Å²) >= 11 is 4.18. The molecule has 11 heavy (non-hydrogen) atoms. The average molecular weight is 167 g/mol. The van der Waals surface area contributed by atoms with Crippen molar-refractivity contribution < 1.29 is 0 Å². The molecule has 1 unspecified atom stereocenters. The summed E-state index contributed by atoms with van der Waals surface area (Å²) in [6.07, 6.45) is 2.93. The highest BCUT2D eigenvalue weighted by Crippen LogP contribution is 2.15. The van der Waals surface area contributed by atoms with Crippen molar-refractivity contribution in [3.8, 4) is 0 Å². The first kappa shape index (κ1) is 8.60. The molecule has 0 aliphatic carbocycles. The predicted molar refractivity (Wildman–Crippen MR) is 51.1 cm³/mol. The van der Waals surface area contributed by atoms with Gasteiger partial charge in [-0.2, -0.15) is 12.6 Å². The summed E-state index contributed by atoms with van der Waals surface area (Å²) in [5.41, 5.74) is 1.17. The van der Waals surface area contributed by atoms with Crippen LogP contribution in [0, 0.1) is 0 Å². The van der Waals surface area contributed by atoms with Crippen LogP contribution in [0.15, 0.2) is 24.4 Å². The summed E-state index contributed by atoms with van der Waals surface area (Å²) in [4.78, 5) is 4.26. The molecule has 1 aromatic rings. The molecule has 1 atom stereocenters. The van der Waals surface area contributed by atoms with E-state index < -0.39 is 0 Å². The summed E-state index contributed by atoms with van der Waals surface area (Å²) in [7, 11) is 0. The smallest absolute Gasteiger partial charge is 0.0432 e. The van der Waals surface area contributed by atoms with Gasteiger partial charge in [-0.3, -0.25) is 4.98 Å². The number of thiol groups is 1. The molecule has 0 aliphatic heterocycles. The largest absolute Gasteiger partial charge is 0.261 e. The van der Waals surface area contributed by atoms with Crippen molar-refractivity contribution in [1.29, 1.82) is 0 Å². The minimum atomic E-state index is 0.536. The Balaban J connectivity index is 2.61. The van der Waals surface area contributed by atoms with E-state index in [4.69, 9.17) is 0 Å². The molecule has 0 amide bonds. The van der Waals surface area contributed by atoms with Crippen molar-refractivity contribution in [2.24, 2.45) is 0 Å². The maximum absolute atomic E-state index is 4.26. The maximum Gasteiger partial charge on any atom is 0.0432 e. The lowest BCUT2D eigenvalue weighted by Crippen LogP contribution is -1.96. The molecule has 1 heterocycles. The van der Waals surface area contributed by atoms with E-state index in [9.17, 15) is 0 Å². The molecule has 0 bridgehead atoms. The number of nitrogens with zero attached hydrogens (tertiary/aromatic N) is 1. The second-order valence-corrected chi connectivity index (χ2v) is 3.12. The van der Waals surface area contributed by atoms with Crippen molar-refractivity contribution in [1.82, 2.24) is 4.98 Å². The highest BCUT2D eigenvalue weighted by atomic mass is 32.1. The van der Waals surface area contributed by atoms with Crippen LogP contribution in [0.4, 0.5) is 0 Å². The maximum atomic E-state index is 4.26. The number of rotatable bonds is 3. The van der Waals surface area contributed by atoms with E-state index in [0.29, 0.717) is 5.92 Å². The third-order valence-corrected chi connectivity index (χ3v) is 2.01. The molecule has 1 aromatic heterocycles. The predicted octanol–water partition coefficient (Wildman–Crippen LogP) is 2.51. The van der Waals surface area contributed by atoms with E-state index in [0.717, 1.165) is 12.2 Å². The van der Waals surface area contributed by atoms with Crippen molar-refractivity contribution >= 4 is 12.6 Å². The quantitative estimate of drug-likeness (QED) is 0.682. The number of aromatic nitrogens is 1. The normalized spacial score (nSPS) is 12.9. The zero-order valence-corrected chi connectivity index (χ0v) is 7.59. The number of hydrogen-bond acceptors (Lipinski definition) is 2. The zero-order valence-electron chi connectivity index (χ0n) is 6.70. The Morgan fingerprint density at radius 1 is 1.55 bits per heavy atom. The van der Waals surface area contributed by atoms with Crippen LogP contribution in [-0.4, -0.2) is 10.7 Å². The molecule has 0 aliphatic rings. The van der Waals surface area contributed by atoms with Gasteiger partial charge in [0, 0.05) is 11.9 Å². The Hall–Kier alpha value is -0.500. The van der Waals surface area contributed by atoms with Crippen LogP contribution in [-0.2, 0) is 0 Å². The molecule has 60 valence electrons. The number of pyridine rings is 1.